The molecule has 0 fully saturated rings. The van der Waals surface area contributed by atoms with Crippen LogP contribution in [-0.4, -0.2) is 12.1 Å². The Morgan fingerprint density at radius 1 is 1.33 bits per heavy atom. The van der Waals surface area contributed by atoms with Crippen LogP contribution in [0.15, 0.2) is 24.3 Å². The summed E-state index contributed by atoms with van der Waals surface area (Å²) in [5.41, 5.74) is 10.0. The van der Waals surface area contributed by atoms with Crippen molar-refractivity contribution in [1.82, 2.24) is 4.98 Å². The number of hydrogen-bond donors (Lipinski definition) is 1. The molecule has 96 valence electrons. The predicted octanol–water partition coefficient (Wildman–Crippen LogP) is 3.16. The first-order valence-electron chi connectivity index (χ1n) is 6.27. The third-order valence-electron chi connectivity index (χ3n) is 2.93. The van der Waals surface area contributed by atoms with Gasteiger partial charge in [-0.25, -0.2) is 0 Å². The van der Waals surface area contributed by atoms with Crippen LogP contribution in [0.2, 0.25) is 0 Å². The highest BCUT2D eigenvalue weighted by Gasteiger charge is 2.08. The summed E-state index contributed by atoms with van der Waals surface area (Å²) in [6, 6.07) is 8.03. The zero-order chi connectivity index (χ0) is 13.1. The van der Waals surface area contributed by atoms with Crippen LogP contribution in [0.25, 0.3) is 10.9 Å². The molecule has 18 heavy (non-hydrogen) atoms. The number of nitrogens with zero attached hydrogens (tertiary/aromatic N) is 1. The number of nitrogens with two attached hydrogens (primary N) is 1. The molecule has 0 aliphatic rings. The molecule has 0 saturated heterocycles. The summed E-state index contributed by atoms with van der Waals surface area (Å²) in [7, 11) is 1.69. The Morgan fingerprint density at radius 2 is 2.11 bits per heavy atom. The van der Waals surface area contributed by atoms with Gasteiger partial charge in [0.1, 0.15) is 0 Å². The van der Waals surface area contributed by atoms with E-state index in [2.05, 4.69) is 13.8 Å². The standard InChI is InChI=1S/C15H20N2O/c1-10(2)7-12-8-14(16)13-6-4-5-11(9-18-3)15(13)17-12/h4-6,8,10H,7,9H2,1-3H3,(H2,16,17). The quantitative estimate of drug-likeness (QED) is 0.898. The van der Waals surface area contributed by atoms with Gasteiger partial charge in [-0.05, 0) is 18.4 Å². The van der Waals surface area contributed by atoms with Crippen LogP contribution in [0.5, 0.6) is 0 Å². The molecule has 0 unspecified atom stereocenters. The number of pyridine rings is 1. The molecule has 2 N–H and O–H groups in total. The zero-order valence-electron chi connectivity index (χ0n) is 11.2. The van der Waals surface area contributed by atoms with Gasteiger partial charge in [0, 0.05) is 29.4 Å². The number of methoxy groups -OCH3 is 1. The van der Waals surface area contributed by atoms with Crippen molar-refractivity contribution in [3.63, 3.8) is 0 Å². The normalized spacial score (nSPS) is 11.3. The van der Waals surface area contributed by atoms with Crippen molar-refractivity contribution in [2.75, 3.05) is 12.8 Å². The first-order valence-corrected chi connectivity index (χ1v) is 6.27. The molecule has 0 saturated carbocycles. The van der Waals surface area contributed by atoms with E-state index in [9.17, 15) is 0 Å². The summed E-state index contributed by atoms with van der Waals surface area (Å²) in [5.74, 6) is 0.573. The minimum atomic E-state index is 0.564. The minimum Gasteiger partial charge on any atom is -0.398 e. The number of fused-ring (bicyclic) bond motifs is 1. The maximum Gasteiger partial charge on any atom is 0.0781 e. The molecule has 2 aromatic rings. The largest absolute Gasteiger partial charge is 0.398 e. The third kappa shape index (κ3) is 2.62. The molecule has 0 aliphatic heterocycles. The fourth-order valence-electron chi connectivity index (χ4n) is 2.18. The molecule has 0 bridgehead atoms. The van der Waals surface area contributed by atoms with E-state index in [1.807, 2.05) is 24.3 Å². The molecule has 1 aromatic carbocycles. The van der Waals surface area contributed by atoms with Gasteiger partial charge in [-0.1, -0.05) is 32.0 Å². The van der Waals surface area contributed by atoms with Crippen molar-refractivity contribution in [1.29, 1.82) is 0 Å². The van der Waals surface area contributed by atoms with Crippen molar-refractivity contribution >= 4 is 16.6 Å². The highest BCUT2D eigenvalue weighted by atomic mass is 16.5. The van der Waals surface area contributed by atoms with E-state index in [4.69, 9.17) is 15.5 Å². The van der Waals surface area contributed by atoms with Crippen molar-refractivity contribution in [2.24, 2.45) is 5.92 Å². The number of para-hydroxylation sites is 1. The van der Waals surface area contributed by atoms with Crippen LogP contribution in [0.1, 0.15) is 25.1 Å². The van der Waals surface area contributed by atoms with E-state index in [1.165, 1.54) is 0 Å². The van der Waals surface area contributed by atoms with Crippen LogP contribution in [-0.2, 0) is 17.8 Å². The van der Waals surface area contributed by atoms with Crippen LogP contribution in [0, 0.1) is 5.92 Å². The lowest BCUT2D eigenvalue weighted by Crippen LogP contribution is -2.02. The number of aromatic nitrogens is 1. The molecular formula is C15H20N2O. The Hall–Kier alpha value is -1.61. The lowest BCUT2D eigenvalue weighted by molar-refractivity contribution is 0.186. The Morgan fingerprint density at radius 3 is 2.78 bits per heavy atom. The molecule has 0 atom stereocenters. The SMILES string of the molecule is COCc1cccc2c(N)cc(CC(C)C)nc12. The molecule has 0 radical (unpaired) electrons. The number of ether oxygens (including phenoxy) is 1. The summed E-state index contributed by atoms with van der Waals surface area (Å²) in [5, 5.41) is 1.01. The Kier molecular flexibility index (Phi) is 3.82. The number of rotatable bonds is 4. The first kappa shape index (κ1) is 12.8. The number of nitrogen functional groups attached to an aromatic ring is 1. The third-order valence-corrected chi connectivity index (χ3v) is 2.93. The molecule has 2 rings (SSSR count). The summed E-state index contributed by atoms with van der Waals surface area (Å²) in [4.78, 5) is 4.73. The van der Waals surface area contributed by atoms with E-state index in [0.29, 0.717) is 12.5 Å². The smallest absolute Gasteiger partial charge is 0.0781 e. The molecule has 1 heterocycles. The maximum atomic E-state index is 6.12. The van der Waals surface area contributed by atoms with Crippen molar-refractivity contribution < 1.29 is 4.74 Å². The second kappa shape index (κ2) is 5.36. The first-order chi connectivity index (χ1) is 8.61. The fraction of sp³-hybridized carbons (Fsp3) is 0.400. The monoisotopic (exact) mass is 244 g/mol. The Bertz CT molecular complexity index is 549. The van der Waals surface area contributed by atoms with Gasteiger partial charge >= 0.3 is 0 Å². The molecule has 0 amide bonds. The lowest BCUT2D eigenvalue weighted by atomic mass is 10.0. The second-order valence-corrected chi connectivity index (χ2v) is 5.05. The van der Waals surface area contributed by atoms with Gasteiger partial charge in [0.25, 0.3) is 0 Å². The van der Waals surface area contributed by atoms with E-state index in [0.717, 1.165) is 34.3 Å². The highest BCUT2D eigenvalue weighted by molar-refractivity contribution is 5.92. The topological polar surface area (TPSA) is 48.1 Å². The van der Waals surface area contributed by atoms with Gasteiger partial charge in [0.05, 0.1) is 12.1 Å². The summed E-state index contributed by atoms with van der Waals surface area (Å²) in [6.45, 7) is 4.93. The van der Waals surface area contributed by atoms with Crippen LogP contribution in [0.4, 0.5) is 5.69 Å². The number of hydrogen-bond acceptors (Lipinski definition) is 3. The predicted molar refractivity (Wildman–Crippen MR) is 75.4 cm³/mol. The molecule has 1 aromatic heterocycles. The summed E-state index contributed by atoms with van der Waals surface area (Å²) in [6.07, 6.45) is 0.946. The van der Waals surface area contributed by atoms with Gasteiger partial charge in [-0.3, -0.25) is 4.98 Å². The Balaban J connectivity index is 2.56. The van der Waals surface area contributed by atoms with Gasteiger partial charge < -0.3 is 10.5 Å². The van der Waals surface area contributed by atoms with E-state index in [-0.39, 0.29) is 0 Å². The van der Waals surface area contributed by atoms with Crippen LogP contribution < -0.4 is 5.73 Å². The summed E-state index contributed by atoms with van der Waals surface area (Å²) >= 11 is 0. The molecule has 3 nitrogen and oxygen atoms in total. The van der Waals surface area contributed by atoms with Gasteiger partial charge in [-0.15, -0.1) is 0 Å². The average molecular weight is 244 g/mol. The van der Waals surface area contributed by atoms with Crippen molar-refractivity contribution in [2.45, 2.75) is 26.9 Å². The maximum absolute atomic E-state index is 6.12. The highest BCUT2D eigenvalue weighted by Crippen LogP contribution is 2.25. The molecule has 0 spiro atoms. The van der Waals surface area contributed by atoms with Gasteiger partial charge in [0.2, 0.25) is 0 Å². The van der Waals surface area contributed by atoms with Crippen molar-refractivity contribution in [3.05, 3.63) is 35.5 Å². The van der Waals surface area contributed by atoms with E-state index >= 15 is 0 Å². The van der Waals surface area contributed by atoms with Crippen molar-refractivity contribution in [3.8, 4) is 0 Å². The molecular weight excluding hydrogens is 224 g/mol. The van der Waals surface area contributed by atoms with Gasteiger partial charge in [0.15, 0.2) is 0 Å². The summed E-state index contributed by atoms with van der Waals surface area (Å²) < 4.78 is 5.22. The van der Waals surface area contributed by atoms with Gasteiger partial charge in [-0.2, -0.15) is 0 Å². The molecule has 3 heteroatoms. The Labute approximate surface area is 108 Å². The zero-order valence-corrected chi connectivity index (χ0v) is 11.2. The fourth-order valence-corrected chi connectivity index (χ4v) is 2.18. The minimum absolute atomic E-state index is 0.564. The van der Waals surface area contributed by atoms with E-state index < -0.39 is 0 Å². The number of benzene rings is 1. The number of anilines is 1. The average Bonchev–Trinajstić information content (AvgIpc) is 2.30. The van der Waals surface area contributed by atoms with Crippen LogP contribution in [0.3, 0.4) is 0 Å². The lowest BCUT2D eigenvalue weighted by Gasteiger charge is -2.11. The molecule has 0 aliphatic carbocycles. The second-order valence-electron chi connectivity index (χ2n) is 5.05. The van der Waals surface area contributed by atoms with E-state index in [1.54, 1.807) is 7.11 Å². The van der Waals surface area contributed by atoms with Crippen LogP contribution >= 0.6 is 0 Å².